The largest absolute Gasteiger partial charge is 0.489 e. The lowest BCUT2D eigenvalue weighted by molar-refractivity contribution is 0.297. The Bertz CT molecular complexity index is 458. The Labute approximate surface area is 125 Å². The highest BCUT2D eigenvalue weighted by Gasteiger charge is 2.17. The summed E-state index contributed by atoms with van der Waals surface area (Å²) in [6.07, 6.45) is 7.56. The lowest BCUT2D eigenvalue weighted by Gasteiger charge is -2.23. The molecule has 0 aromatic heterocycles. The van der Waals surface area contributed by atoms with Crippen LogP contribution in [0.2, 0.25) is 5.02 Å². The Balaban J connectivity index is 1.67. The molecule has 4 heteroatoms. The zero-order valence-corrected chi connectivity index (χ0v) is 12.5. The topological polar surface area (TPSA) is 30.5 Å². The summed E-state index contributed by atoms with van der Waals surface area (Å²) in [5, 5.41) is 4.29. The molecular formula is C16H22ClNO2. The highest BCUT2D eigenvalue weighted by atomic mass is 35.5. The number of benzene rings is 1. The van der Waals surface area contributed by atoms with Crippen LogP contribution in [-0.2, 0) is 6.54 Å². The van der Waals surface area contributed by atoms with Gasteiger partial charge in [-0.3, -0.25) is 0 Å². The van der Waals surface area contributed by atoms with E-state index in [2.05, 4.69) is 11.4 Å². The molecule has 110 valence electrons. The second kappa shape index (κ2) is 6.68. The zero-order valence-electron chi connectivity index (χ0n) is 11.8. The van der Waals surface area contributed by atoms with E-state index in [0.29, 0.717) is 30.0 Å². The predicted octanol–water partition coefficient (Wildman–Crippen LogP) is 3.92. The molecular weight excluding hydrogens is 274 g/mol. The molecule has 1 heterocycles. The number of fused-ring (bicyclic) bond motifs is 1. The van der Waals surface area contributed by atoms with Crippen LogP contribution in [0.5, 0.6) is 11.5 Å². The van der Waals surface area contributed by atoms with Crippen molar-refractivity contribution >= 4 is 11.6 Å². The summed E-state index contributed by atoms with van der Waals surface area (Å²) in [6, 6.07) is 4.70. The van der Waals surface area contributed by atoms with Crippen LogP contribution in [-0.4, -0.2) is 19.3 Å². The van der Waals surface area contributed by atoms with Crippen LogP contribution in [0.25, 0.3) is 0 Å². The van der Waals surface area contributed by atoms with E-state index < -0.39 is 0 Å². The summed E-state index contributed by atoms with van der Waals surface area (Å²) < 4.78 is 11.4. The summed E-state index contributed by atoms with van der Waals surface area (Å²) >= 11 is 6.31. The average Bonchev–Trinajstić information content (AvgIpc) is 2.72. The lowest BCUT2D eigenvalue weighted by Crippen LogP contribution is -2.30. The molecule has 1 saturated carbocycles. The van der Waals surface area contributed by atoms with Crippen molar-refractivity contribution < 1.29 is 9.47 Å². The number of hydrogen-bond acceptors (Lipinski definition) is 3. The molecule has 20 heavy (non-hydrogen) atoms. The third-order valence-electron chi connectivity index (χ3n) is 4.06. The fourth-order valence-electron chi connectivity index (χ4n) is 2.96. The van der Waals surface area contributed by atoms with E-state index >= 15 is 0 Å². The SMILES string of the molecule is Clc1cc(CNC2CCCCC2)cc2c1OCCCO2. The van der Waals surface area contributed by atoms with Gasteiger partial charge in [-0.1, -0.05) is 30.9 Å². The summed E-state index contributed by atoms with van der Waals surface area (Å²) in [5.74, 6) is 1.49. The second-order valence-electron chi connectivity index (χ2n) is 5.67. The fourth-order valence-corrected chi connectivity index (χ4v) is 3.24. The zero-order chi connectivity index (χ0) is 13.8. The van der Waals surface area contributed by atoms with Gasteiger partial charge in [0.1, 0.15) is 0 Å². The van der Waals surface area contributed by atoms with Crippen molar-refractivity contribution in [1.82, 2.24) is 5.32 Å². The van der Waals surface area contributed by atoms with Crippen LogP contribution in [0, 0.1) is 0 Å². The molecule has 1 aliphatic heterocycles. The Hall–Kier alpha value is -0.930. The molecule has 1 aliphatic carbocycles. The average molecular weight is 296 g/mol. The molecule has 0 amide bonds. The van der Waals surface area contributed by atoms with E-state index in [1.807, 2.05) is 6.07 Å². The van der Waals surface area contributed by atoms with Crippen LogP contribution in [0.3, 0.4) is 0 Å². The highest BCUT2D eigenvalue weighted by Crippen LogP contribution is 2.38. The Morgan fingerprint density at radius 3 is 2.70 bits per heavy atom. The van der Waals surface area contributed by atoms with Gasteiger partial charge in [-0.15, -0.1) is 0 Å². The Morgan fingerprint density at radius 2 is 1.85 bits per heavy atom. The minimum atomic E-state index is 0.651. The maximum Gasteiger partial charge on any atom is 0.179 e. The molecule has 3 rings (SSSR count). The van der Waals surface area contributed by atoms with Crippen LogP contribution >= 0.6 is 11.6 Å². The molecule has 1 N–H and O–H groups in total. The van der Waals surface area contributed by atoms with Gasteiger partial charge in [-0.25, -0.2) is 0 Å². The van der Waals surface area contributed by atoms with Crippen molar-refractivity contribution in [2.45, 2.75) is 51.1 Å². The van der Waals surface area contributed by atoms with Gasteiger partial charge in [-0.2, -0.15) is 0 Å². The Morgan fingerprint density at radius 1 is 1.05 bits per heavy atom. The molecule has 1 aromatic carbocycles. The van der Waals surface area contributed by atoms with Gasteiger partial charge >= 0.3 is 0 Å². The molecule has 0 unspecified atom stereocenters. The van der Waals surface area contributed by atoms with Crippen LogP contribution in [0.15, 0.2) is 12.1 Å². The molecule has 1 aromatic rings. The van der Waals surface area contributed by atoms with Gasteiger partial charge in [0.15, 0.2) is 11.5 Å². The van der Waals surface area contributed by atoms with Gasteiger partial charge in [-0.05, 0) is 30.5 Å². The summed E-state index contributed by atoms with van der Waals surface area (Å²) in [4.78, 5) is 0. The summed E-state index contributed by atoms with van der Waals surface area (Å²) in [6.45, 7) is 2.22. The molecule has 0 saturated heterocycles. The van der Waals surface area contributed by atoms with Crippen molar-refractivity contribution in [3.05, 3.63) is 22.7 Å². The lowest BCUT2D eigenvalue weighted by atomic mass is 9.95. The molecule has 0 radical (unpaired) electrons. The second-order valence-corrected chi connectivity index (χ2v) is 6.08. The van der Waals surface area contributed by atoms with Gasteiger partial charge in [0.25, 0.3) is 0 Å². The smallest absolute Gasteiger partial charge is 0.179 e. The normalized spacial score (nSPS) is 19.6. The van der Waals surface area contributed by atoms with E-state index in [9.17, 15) is 0 Å². The minimum Gasteiger partial charge on any atom is -0.489 e. The van der Waals surface area contributed by atoms with Crippen molar-refractivity contribution in [2.24, 2.45) is 0 Å². The molecule has 0 bridgehead atoms. The quantitative estimate of drug-likeness (QED) is 0.917. The van der Waals surface area contributed by atoms with E-state index in [4.69, 9.17) is 21.1 Å². The maximum atomic E-state index is 6.31. The van der Waals surface area contributed by atoms with Gasteiger partial charge in [0.2, 0.25) is 0 Å². The van der Waals surface area contributed by atoms with Crippen LogP contribution < -0.4 is 14.8 Å². The van der Waals surface area contributed by atoms with Crippen molar-refractivity contribution in [3.8, 4) is 11.5 Å². The minimum absolute atomic E-state index is 0.651. The third-order valence-corrected chi connectivity index (χ3v) is 4.34. The maximum absolute atomic E-state index is 6.31. The molecule has 2 aliphatic rings. The van der Waals surface area contributed by atoms with Crippen molar-refractivity contribution in [1.29, 1.82) is 0 Å². The van der Waals surface area contributed by atoms with Crippen LogP contribution in [0.1, 0.15) is 44.1 Å². The van der Waals surface area contributed by atoms with Crippen LogP contribution in [0.4, 0.5) is 0 Å². The number of hydrogen-bond donors (Lipinski definition) is 1. The Kier molecular flexibility index (Phi) is 4.69. The molecule has 0 atom stereocenters. The fraction of sp³-hybridized carbons (Fsp3) is 0.625. The first-order valence-electron chi connectivity index (χ1n) is 7.64. The summed E-state index contributed by atoms with van der Waals surface area (Å²) in [5.41, 5.74) is 1.17. The third kappa shape index (κ3) is 3.39. The number of halogens is 1. The summed E-state index contributed by atoms with van der Waals surface area (Å²) in [7, 11) is 0. The monoisotopic (exact) mass is 295 g/mol. The number of nitrogens with one attached hydrogen (secondary N) is 1. The van der Waals surface area contributed by atoms with Gasteiger partial charge in [0.05, 0.1) is 18.2 Å². The van der Waals surface area contributed by atoms with E-state index in [1.165, 1.54) is 37.7 Å². The predicted molar refractivity (Wildman–Crippen MR) is 80.8 cm³/mol. The molecule has 3 nitrogen and oxygen atoms in total. The number of ether oxygens (including phenoxy) is 2. The van der Waals surface area contributed by atoms with E-state index in [-0.39, 0.29) is 0 Å². The van der Waals surface area contributed by atoms with Gasteiger partial charge in [0, 0.05) is 19.0 Å². The molecule has 0 spiro atoms. The van der Waals surface area contributed by atoms with Crippen molar-refractivity contribution in [3.63, 3.8) is 0 Å². The highest BCUT2D eigenvalue weighted by molar-refractivity contribution is 6.32. The first-order valence-corrected chi connectivity index (χ1v) is 8.02. The van der Waals surface area contributed by atoms with Gasteiger partial charge < -0.3 is 14.8 Å². The standard InChI is InChI=1S/C16H22ClNO2/c17-14-9-12(11-18-13-5-2-1-3-6-13)10-15-16(14)20-8-4-7-19-15/h9-10,13,18H,1-8,11H2. The van der Waals surface area contributed by atoms with E-state index in [1.54, 1.807) is 0 Å². The number of rotatable bonds is 3. The molecule has 1 fully saturated rings. The van der Waals surface area contributed by atoms with Crippen molar-refractivity contribution in [2.75, 3.05) is 13.2 Å². The van der Waals surface area contributed by atoms with E-state index in [0.717, 1.165) is 18.7 Å². The first kappa shape index (κ1) is 14.0. The first-order chi connectivity index (χ1) is 9.83.